The summed E-state index contributed by atoms with van der Waals surface area (Å²) in [7, 11) is 0. The molecule has 3 aromatic rings. The lowest BCUT2D eigenvalue weighted by molar-refractivity contribution is -0.129. The summed E-state index contributed by atoms with van der Waals surface area (Å²) in [5.74, 6) is 1.96. The second-order valence-electron chi connectivity index (χ2n) is 8.77. The molecule has 0 radical (unpaired) electrons. The standard InChI is InChI=1S/C29H26ClN3O3S/c1-2-35-24-13-9-23(10-14-24)32-18-33-28(34)15-26(27(16-31)29(33)37-19-32)21-5-11-25(12-6-21)36-17-20-3-7-22(30)8-4-20/h3-14,26H,2,15,17-19H2,1H3/t26-/m0/s1. The molecule has 1 atom stereocenters. The molecule has 0 aliphatic carbocycles. The molecular formula is C29H26ClN3O3S. The second-order valence-corrected chi connectivity index (χ2v) is 10.1. The van der Waals surface area contributed by atoms with E-state index >= 15 is 0 Å². The van der Waals surface area contributed by atoms with Crippen LogP contribution in [0.25, 0.3) is 0 Å². The van der Waals surface area contributed by atoms with E-state index in [0.29, 0.717) is 36.4 Å². The van der Waals surface area contributed by atoms with Crippen LogP contribution in [0, 0.1) is 11.3 Å². The number of fused-ring (bicyclic) bond motifs is 1. The molecule has 188 valence electrons. The Kier molecular flexibility index (Phi) is 7.59. The van der Waals surface area contributed by atoms with Gasteiger partial charge in [0.15, 0.2) is 0 Å². The van der Waals surface area contributed by atoms with Crippen molar-refractivity contribution in [3.63, 3.8) is 0 Å². The summed E-state index contributed by atoms with van der Waals surface area (Å²) in [5, 5.41) is 11.5. The fraction of sp³-hybridized carbons (Fsp3) is 0.241. The molecule has 1 amide bonds. The third-order valence-electron chi connectivity index (χ3n) is 6.41. The van der Waals surface area contributed by atoms with E-state index in [-0.39, 0.29) is 18.2 Å². The van der Waals surface area contributed by atoms with Crippen molar-refractivity contribution in [3.05, 3.63) is 99.5 Å². The molecule has 0 spiro atoms. The number of hydrogen-bond acceptors (Lipinski definition) is 6. The van der Waals surface area contributed by atoms with Gasteiger partial charge in [-0.25, -0.2) is 0 Å². The number of carbonyl (C=O) groups is 1. The topological polar surface area (TPSA) is 65.8 Å². The molecule has 3 aromatic carbocycles. The van der Waals surface area contributed by atoms with Crippen LogP contribution in [-0.4, -0.2) is 30.0 Å². The molecule has 5 rings (SSSR count). The number of hydrogen-bond donors (Lipinski definition) is 0. The van der Waals surface area contributed by atoms with E-state index in [1.54, 1.807) is 4.90 Å². The number of benzene rings is 3. The van der Waals surface area contributed by atoms with Crippen LogP contribution in [-0.2, 0) is 11.4 Å². The number of anilines is 1. The molecular weight excluding hydrogens is 506 g/mol. The lowest BCUT2D eigenvalue weighted by Gasteiger charge is -2.42. The maximum absolute atomic E-state index is 13.2. The van der Waals surface area contributed by atoms with E-state index in [0.717, 1.165) is 33.3 Å². The molecule has 0 aromatic heterocycles. The van der Waals surface area contributed by atoms with Crippen LogP contribution >= 0.6 is 23.4 Å². The van der Waals surface area contributed by atoms with Gasteiger partial charge in [0, 0.05) is 23.0 Å². The van der Waals surface area contributed by atoms with Crippen molar-refractivity contribution in [2.75, 3.05) is 24.1 Å². The predicted molar refractivity (Wildman–Crippen MR) is 146 cm³/mol. The zero-order chi connectivity index (χ0) is 25.8. The smallest absolute Gasteiger partial charge is 0.229 e. The molecule has 6 nitrogen and oxygen atoms in total. The van der Waals surface area contributed by atoms with Crippen LogP contribution in [0.3, 0.4) is 0 Å². The SMILES string of the molecule is CCOc1ccc(N2CSC3=C(C#N)[C@H](c4ccc(OCc5ccc(Cl)cc5)cc4)CC(=O)N3C2)cc1. The number of thioether (sulfide) groups is 1. The quantitative estimate of drug-likeness (QED) is 0.345. The lowest BCUT2D eigenvalue weighted by Crippen LogP contribution is -2.47. The first-order valence-electron chi connectivity index (χ1n) is 12.1. The number of ether oxygens (including phenoxy) is 2. The van der Waals surface area contributed by atoms with Gasteiger partial charge in [0.1, 0.15) is 18.1 Å². The average molecular weight is 532 g/mol. The molecule has 1 saturated heterocycles. The minimum absolute atomic E-state index is 0.0187. The van der Waals surface area contributed by atoms with E-state index in [1.165, 1.54) is 11.8 Å². The Balaban J connectivity index is 1.29. The molecule has 37 heavy (non-hydrogen) atoms. The summed E-state index contributed by atoms with van der Waals surface area (Å²) in [4.78, 5) is 17.1. The Morgan fingerprint density at radius 2 is 1.68 bits per heavy atom. The number of allylic oxidation sites excluding steroid dienone is 1. The largest absolute Gasteiger partial charge is 0.494 e. The van der Waals surface area contributed by atoms with Crippen molar-refractivity contribution in [3.8, 4) is 17.6 Å². The van der Waals surface area contributed by atoms with Crippen LogP contribution in [0.1, 0.15) is 30.4 Å². The Labute approximate surface area is 226 Å². The Morgan fingerprint density at radius 3 is 2.35 bits per heavy atom. The van der Waals surface area contributed by atoms with Gasteiger partial charge in [-0.2, -0.15) is 5.26 Å². The molecule has 0 unspecified atom stereocenters. The van der Waals surface area contributed by atoms with Crippen molar-refractivity contribution in [2.45, 2.75) is 25.9 Å². The van der Waals surface area contributed by atoms with E-state index < -0.39 is 0 Å². The van der Waals surface area contributed by atoms with Crippen molar-refractivity contribution in [1.82, 2.24) is 4.90 Å². The van der Waals surface area contributed by atoms with Crippen molar-refractivity contribution >= 4 is 35.0 Å². The highest BCUT2D eigenvalue weighted by atomic mass is 35.5. The molecule has 1 fully saturated rings. The van der Waals surface area contributed by atoms with E-state index in [1.807, 2.05) is 79.7 Å². The zero-order valence-corrected chi connectivity index (χ0v) is 22.0. The molecule has 2 aliphatic heterocycles. The molecule has 0 saturated carbocycles. The summed E-state index contributed by atoms with van der Waals surface area (Å²) in [6.45, 7) is 3.43. The molecule has 2 heterocycles. The minimum Gasteiger partial charge on any atom is -0.494 e. The van der Waals surface area contributed by atoms with E-state index in [4.69, 9.17) is 21.1 Å². The number of amides is 1. The van der Waals surface area contributed by atoms with Crippen LogP contribution in [0.15, 0.2) is 83.4 Å². The summed E-state index contributed by atoms with van der Waals surface area (Å²) in [6, 6.07) is 25.5. The molecule has 0 bridgehead atoms. The third kappa shape index (κ3) is 5.56. The lowest BCUT2D eigenvalue weighted by atomic mass is 9.86. The maximum Gasteiger partial charge on any atom is 0.229 e. The zero-order valence-electron chi connectivity index (χ0n) is 20.4. The molecule has 0 N–H and O–H groups in total. The van der Waals surface area contributed by atoms with Crippen LogP contribution < -0.4 is 14.4 Å². The van der Waals surface area contributed by atoms with Gasteiger partial charge in [-0.3, -0.25) is 9.69 Å². The summed E-state index contributed by atoms with van der Waals surface area (Å²) >= 11 is 7.48. The predicted octanol–water partition coefficient (Wildman–Crippen LogP) is 6.54. The summed E-state index contributed by atoms with van der Waals surface area (Å²) < 4.78 is 11.4. The monoisotopic (exact) mass is 531 g/mol. The third-order valence-corrected chi connectivity index (χ3v) is 7.81. The van der Waals surface area contributed by atoms with Gasteiger partial charge < -0.3 is 14.4 Å². The number of rotatable bonds is 7. The number of nitrogens with zero attached hydrogens (tertiary/aromatic N) is 3. The molecule has 2 aliphatic rings. The van der Waals surface area contributed by atoms with Gasteiger partial charge in [0.05, 0.1) is 35.8 Å². The number of carbonyl (C=O) groups excluding carboxylic acids is 1. The first kappa shape index (κ1) is 25.1. The Morgan fingerprint density at radius 1 is 1.00 bits per heavy atom. The summed E-state index contributed by atoms with van der Waals surface area (Å²) in [5.41, 5.74) is 3.62. The minimum atomic E-state index is -0.265. The van der Waals surface area contributed by atoms with Gasteiger partial charge in [0.2, 0.25) is 5.91 Å². The van der Waals surface area contributed by atoms with Crippen LogP contribution in [0.5, 0.6) is 11.5 Å². The first-order valence-corrected chi connectivity index (χ1v) is 13.4. The molecule has 8 heteroatoms. The summed E-state index contributed by atoms with van der Waals surface area (Å²) in [6.07, 6.45) is 0.259. The Hall–Kier alpha value is -3.60. The number of nitriles is 1. The van der Waals surface area contributed by atoms with E-state index in [9.17, 15) is 10.1 Å². The average Bonchev–Trinajstić information content (AvgIpc) is 2.93. The van der Waals surface area contributed by atoms with Gasteiger partial charge in [0.25, 0.3) is 0 Å². The van der Waals surface area contributed by atoms with Gasteiger partial charge in [-0.05, 0) is 66.6 Å². The van der Waals surface area contributed by atoms with Gasteiger partial charge in [-0.15, -0.1) is 0 Å². The van der Waals surface area contributed by atoms with E-state index in [2.05, 4.69) is 11.0 Å². The van der Waals surface area contributed by atoms with Crippen molar-refractivity contribution < 1.29 is 14.3 Å². The highest BCUT2D eigenvalue weighted by molar-refractivity contribution is 8.03. The van der Waals surface area contributed by atoms with Crippen molar-refractivity contribution in [2.24, 2.45) is 0 Å². The second kappa shape index (κ2) is 11.2. The Bertz CT molecular complexity index is 1330. The highest BCUT2D eigenvalue weighted by Crippen LogP contribution is 2.43. The van der Waals surface area contributed by atoms with Crippen LogP contribution in [0.4, 0.5) is 5.69 Å². The fourth-order valence-corrected chi connectivity index (χ4v) is 5.77. The van der Waals surface area contributed by atoms with Gasteiger partial charge in [-0.1, -0.05) is 47.6 Å². The van der Waals surface area contributed by atoms with Crippen molar-refractivity contribution in [1.29, 1.82) is 5.26 Å². The first-order chi connectivity index (χ1) is 18.1. The fourth-order valence-electron chi connectivity index (χ4n) is 4.47. The van der Waals surface area contributed by atoms with Gasteiger partial charge >= 0.3 is 0 Å². The highest BCUT2D eigenvalue weighted by Gasteiger charge is 2.38. The van der Waals surface area contributed by atoms with Crippen LogP contribution in [0.2, 0.25) is 5.02 Å². The normalized spacial score (nSPS) is 17.3. The maximum atomic E-state index is 13.2. The number of halogens is 1.